The lowest BCUT2D eigenvalue weighted by atomic mass is 9.87. The predicted molar refractivity (Wildman–Crippen MR) is 97.5 cm³/mol. The van der Waals surface area contributed by atoms with Gasteiger partial charge in [0.05, 0.1) is 6.10 Å². The van der Waals surface area contributed by atoms with Crippen LogP contribution in [0.3, 0.4) is 0 Å². The van der Waals surface area contributed by atoms with E-state index < -0.39 is 0 Å². The van der Waals surface area contributed by atoms with Gasteiger partial charge in [-0.15, -0.1) is 0 Å². The molecule has 130 valence electrons. The van der Waals surface area contributed by atoms with Gasteiger partial charge in [-0.25, -0.2) is 0 Å². The zero-order valence-corrected chi connectivity index (χ0v) is 14.9. The Labute approximate surface area is 144 Å². The smallest absolute Gasteiger partial charge is 0.251 e. The number of benzene rings is 1. The third kappa shape index (κ3) is 3.81. The van der Waals surface area contributed by atoms with Crippen LogP contribution in [0.2, 0.25) is 0 Å². The number of hydrogen-bond acceptors (Lipinski definition) is 2. The molecule has 0 unspecified atom stereocenters. The number of nitrogens with one attached hydrogen (secondary N) is 2. The number of carbonyl (C=O) groups excluding carboxylic acids is 1. The van der Waals surface area contributed by atoms with E-state index in [0.717, 1.165) is 36.3 Å². The summed E-state index contributed by atoms with van der Waals surface area (Å²) < 4.78 is 5.49. The first-order chi connectivity index (χ1) is 11.5. The van der Waals surface area contributed by atoms with Gasteiger partial charge in [0.2, 0.25) is 0 Å². The quantitative estimate of drug-likeness (QED) is 0.792. The predicted octanol–water partition coefficient (Wildman–Crippen LogP) is 3.84. The largest absolute Gasteiger partial charge is 0.379 e. The number of aryl methyl sites for hydroxylation is 1. The lowest BCUT2D eigenvalue weighted by molar-refractivity contribution is 0.0757. The molecule has 1 aliphatic rings. The molecule has 1 amide bonds. The van der Waals surface area contributed by atoms with E-state index in [1.165, 1.54) is 23.1 Å². The zero-order chi connectivity index (χ0) is 17.1. The van der Waals surface area contributed by atoms with Crippen LogP contribution in [-0.2, 0) is 17.6 Å². The maximum absolute atomic E-state index is 12.4. The SMILES string of the molecule is CC(C)OCCCNC(=O)c1ccc2[nH]c3c(c2c1)C[C@H](C)CC3. The second-order valence-electron chi connectivity index (χ2n) is 7.22. The average Bonchev–Trinajstić information content (AvgIpc) is 2.91. The minimum Gasteiger partial charge on any atom is -0.379 e. The first-order valence-electron chi connectivity index (χ1n) is 9.08. The monoisotopic (exact) mass is 328 g/mol. The van der Waals surface area contributed by atoms with E-state index in [9.17, 15) is 4.79 Å². The Morgan fingerprint density at radius 1 is 1.42 bits per heavy atom. The maximum Gasteiger partial charge on any atom is 0.251 e. The summed E-state index contributed by atoms with van der Waals surface area (Å²) in [6.07, 6.45) is 4.54. The number of hydrogen-bond donors (Lipinski definition) is 2. The molecule has 0 radical (unpaired) electrons. The first-order valence-corrected chi connectivity index (χ1v) is 9.08. The molecule has 0 bridgehead atoms. The molecule has 0 aliphatic heterocycles. The number of rotatable bonds is 6. The Hall–Kier alpha value is -1.81. The third-order valence-electron chi connectivity index (χ3n) is 4.75. The van der Waals surface area contributed by atoms with Gasteiger partial charge in [0.25, 0.3) is 5.91 Å². The van der Waals surface area contributed by atoms with Crippen LogP contribution in [0.4, 0.5) is 0 Å². The molecule has 0 saturated heterocycles. The van der Waals surface area contributed by atoms with Crippen molar-refractivity contribution in [1.82, 2.24) is 10.3 Å². The molecule has 0 fully saturated rings. The van der Waals surface area contributed by atoms with Crippen molar-refractivity contribution >= 4 is 16.8 Å². The Bertz CT molecular complexity index is 718. The lowest BCUT2D eigenvalue weighted by Crippen LogP contribution is -2.25. The highest BCUT2D eigenvalue weighted by molar-refractivity contribution is 5.99. The summed E-state index contributed by atoms with van der Waals surface area (Å²) in [5.74, 6) is 0.718. The number of amides is 1. The van der Waals surface area contributed by atoms with E-state index in [4.69, 9.17) is 4.74 Å². The summed E-state index contributed by atoms with van der Waals surface area (Å²) in [7, 11) is 0. The van der Waals surface area contributed by atoms with E-state index in [1.807, 2.05) is 32.0 Å². The van der Waals surface area contributed by atoms with Crippen molar-refractivity contribution in [2.75, 3.05) is 13.2 Å². The van der Waals surface area contributed by atoms with Crippen LogP contribution in [0.25, 0.3) is 10.9 Å². The second-order valence-corrected chi connectivity index (χ2v) is 7.22. The van der Waals surface area contributed by atoms with Crippen molar-refractivity contribution in [2.45, 2.75) is 52.6 Å². The van der Waals surface area contributed by atoms with Crippen LogP contribution in [-0.4, -0.2) is 30.1 Å². The summed E-state index contributed by atoms with van der Waals surface area (Å²) in [4.78, 5) is 15.9. The van der Waals surface area contributed by atoms with Crippen LogP contribution < -0.4 is 5.32 Å². The number of carbonyl (C=O) groups is 1. The number of fused-ring (bicyclic) bond motifs is 3. The molecular weight excluding hydrogens is 300 g/mol. The molecule has 3 rings (SSSR count). The van der Waals surface area contributed by atoms with Crippen molar-refractivity contribution in [3.8, 4) is 0 Å². The number of aromatic nitrogens is 1. The van der Waals surface area contributed by atoms with E-state index in [0.29, 0.717) is 13.2 Å². The molecule has 1 aromatic carbocycles. The zero-order valence-electron chi connectivity index (χ0n) is 14.9. The number of aromatic amines is 1. The van der Waals surface area contributed by atoms with Gasteiger partial charge < -0.3 is 15.0 Å². The van der Waals surface area contributed by atoms with Crippen molar-refractivity contribution in [3.63, 3.8) is 0 Å². The Kier molecular flexibility index (Phi) is 5.24. The van der Waals surface area contributed by atoms with E-state index in [2.05, 4.69) is 17.2 Å². The number of ether oxygens (including phenoxy) is 1. The molecule has 4 nitrogen and oxygen atoms in total. The van der Waals surface area contributed by atoms with Gasteiger partial charge in [0.1, 0.15) is 0 Å². The maximum atomic E-state index is 12.4. The highest BCUT2D eigenvalue weighted by Crippen LogP contribution is 2.32. The standard InChI is InChI=1S/C20H28N2O2/c1-13(2)24-10-4-9-21-20(23)15-6-8-19-17(12-15)16-11-14(3)5-7-18(16)22-19/h6,8,12-14,22H,4-5,7,9-11H2,1-3H3,(H,21,23)/t14-/m1/s1. The van der Waals surface area contributed by atoms with Gasteiger partial charge in [0, 0.05) is 35.3 Å². The van der Waals surface area contributed by atoms with E-state index in [-0.39, 0.29) is 12.0 Å². The molecule has 1 aliphatic carbocycles. The molecule has 0 spiro atoms. The lowest BCUT2D eigenvalue weighted by Gasteiger charge is -2.18. The normalized spacial score (nSPS) is 17.2. The summed E-state index contributed by atoms with van der Waals surface area (Å²) in [6.45, 7) is 7.67. The van der Waals surface area contributed by atoms with Gasteiger partial charge in [0.15, 0.2) is 0 Å². The second kappa shape index (κ2) is 7.39. The molecule has 2 aromatic rings. The van der Waals surface area contributed by atoms with Crippen LogP contribution in [0.5, 0.6) is 0 Å². The van der Waals surface area contributed by atoms with Gasteiger partial charge >= 0.3 is 0 Å². The van der Waals surface area contributed by atoms with E-state index in [1.54, 1.807) is 0 Å². The van der Waals surface area contributed by atoms with Crippen molar-refractivity contribution in [3.05, 3.63) is 35.0 Å². The van der Waals surface area contributed by atoms with Gasteiger partial charge in [-0.3, -0.25) is 4.79 Å². The number of H-pyrrole nitrogens is 1. The highest BCUT2D eigenvalue weighted by Gasteiger charge is 2.20. The Morgan fingerprint density at radius 3 is 3.04 bits per heavy atom. The molecule has 1 atom stereocenters. The van der Waals surface area contributed by atoms with Crippen molar-refractivity contribution in [2.24, 2.45) is 5.92 Å². The fourth-order valence-corrected chi connectivity index (χ4v) is 3.43. The van der Waals surface area contributed by atoms with Crippen LogP contribution in [0.15, 0.2) is 18.2 Å². The summed E-state index contributed by atoms with van der Waals surface area (Å²) in [6, 6.07) is 5.99. The summed E-state index contributed by atoms with van der Waals surface area (Å²) >= 11 is 0. The molecule has 4 heteroatoms. The molecule has 1 aromatic heterocycles. The van der Waals surface area contributed by atoms with Gasteiger partial charge in [-0.1, -0.05) is 6.92 Å². The fraction of sp³-hybridized carbons (Fsp3) is 0.550. The minimum absolute atomic E-state index is 0.000236. The third-order valence-corrected chi connectivity index (χ3v) is 4.75. The fourth-order valence-electron chi connectivity index (χ4n) is 3.43. The van der Waals surface area contributed by atoms with Gasteiger partial charge in [-0.2, -0.15) is 0 Å². The van der Waals surface area contributed by atoms with Crippen molar-refractivity contribution < 1.29 is 9.53 Å². The molecule has 1 heterocycles. The Morgan fingerprint density at radius 2 is 2.25 bits per heavy atom. The minimum atomic E-state index is 0.000236. The Balaban J connectivity index is 1.66. The molecular formula is C20H28N2O2. The van der Waals surface area contributed by atoms with Crippen molar-refractivity contribution in [1.29, 1.82) is 0 Å². The molecule has 2 N–H and O–H groups in total. The van der Waals surface area contributed by atoms with Crippen LogP contribution in [0.1, 0.15) is 55.2 Å². The van der Waals surface area contributed by atoms with Gasteiger partial charge in [-0.05, 0) is 69.2 Å². The molecule has 24 heavy (non-hydrogen) atoms. The van der Waals surface area contributed by atoms with E-state index >= 15 is 0 Å². The first kappa shape index (κ1) is 17.0. The highest BCUT2D eigenvalue weighted by atomic mass is 16.5. The average molecular weight is 328 g/mol. The van der Waals surface area contributed by atoms with Crippen LogP contribution >= 0.6 is 0 Å². The summed E-state index contributed by atoms with van der Waals surface area (Å²) in [5.41, 5.74) is 4.65. The van der Waals surface area contributed by atoms with Crippen LogP contribution in [0, 0.1) is 5.92 Å². The summed E-state index contributed by atoms with van der Waals surface area (Å²) in [5, 5.41) is 4.20. The molecule has 0 saturated carbocycles. The topological polar surface area (TPSA) is 54.1 Å².